The molecule has 0 atom stereocenters. The molecule has 0 radical (unpaired) electrons. The fourth-order valence-electron chi connectivity index (χ4n) is 3.10. The fraction of sp³-hybridized carbons (Fsp3) is 0.286. The monoisotopic (exact) mass is 466 g/mol. The van der Waals surface area contributed by atoms with Crippen molar-refractivity contribution in [2.75, 3.05) is 25.0 Å². The zero-order valence-corrected chi connectivity index (χ0v) is 19.3. The third-order valence-electron chi connectivity index (χ3n) is 4.58. The predicted molar refractivity (Wildman–Crippen MR) is 123 cm³/mol. The molecule has 3 aromatic rings. The highest BCUT2D eigenvalue weighted by Gasteiger charge is 2.24. The van der Waals surface area contributed by atoms with Crippen molar-refractivity contribution in [3.8, 4) is 5.75 Å². The first kappa shape index (κ1) is 22.6. The van der Waals surface area contributed by atoms with E-state index in [0.717, 1.165) is 10.1 Å². The van der Waals surface area contributed by atoms with E-state index >= 15 is 0 Å². The number of nitrogens with zero attached hydrogens (tertiary/aromatic N) is 1. The van der Waals surface area contributed by atoms with Crippen LogP contribution in [0.2, 0.25) is 5.02 Å². The Labute approximate surface area is 185 Å². The molecule has 0 aliphatic heterocycles. The molecule has 0 aliphatic rings. The number of sulfonamides is 1. The molecule has 0 saturated heterocycles. The molecule has 0 bridgehead atoms. The van der Waals surface area contributed by atoms with Crippen LogP contribution in [0.4, 0.5) is 5.69 Å². The molecule has 0 aliphatic carbocycles. The molecule has 1 amide bonds. The van der Waals surface area contributed by atoms with Gasteiger partial charge in [-0.25, -0.2) is 8.42 Å². The maximum Gasteiger partial charge on any atom is 0.267 e. The predicted octanol–water partition coefficient (Wildman–Crippen LogP) is 5.24. The summed E-state index contributed by atoms with van der Waals surface area (Å²) in [5.41, 5.74) is 0.281. The van der Waals surface area contributed by atoms with Gasteiger partial charge in [0.05, 0.1) is 22.2 Å². The van der Waals surface area contributed by atoms with Crippen molar-refractivity contribution in [1.29, 1.82) is 0 Å². The quantitative estimate of drug-likeness (QED) is 0.492. The summed E-state index contributed by atoms with van der Waals surface area (Å²) in [4.78, 5) is 13.4. The lowest BCUT2D eigenvalue weighted by atomic mass is 10.2. The van der Waals surface area contributed by atoms with Crippen LogP contribution in [0.25, 0.3) is 10.1 Å². The largest absolute Gasteiger partial charge is 0.492 e. The second kappa shape index (κ2) is 9.34. The Kier molecular flexibility index (Phi) is 7.02. The Morgan fingerprint density at radius 2 is 1.83 bits per heavy atom. The highest BCUT2D eigenvalue weighted by atomic mass is 35.5. The minimum atomic E-state index is -3.68. The third-order valence-corrected chi connectivity index (χ3v) is 8.30. The molecule has 9 heteroatoms. The van der Waals surface area contributed by atoms with Crippen molar-refractivity contribution in [1.82, 2.24) is 4.31 Å². The van der Waals surface area contributed by atoms with Crippen LogP contribution in [-0.2, 0) is 10.0 Å². The number of hydrogen-bond donors (Lipinski definition) is 1. The highest BCUT2D eigenvalue weighted by molar-refractivity contribution is 7.89. The van der Waals surface area contributed by atoms with Gasteiger partial charge in [-0.3, -0.25) is 4.79 Å². The van der Waals surface area contributed by atoms with Gasteiger partial charge in [0.1, 0.15) is 10.6 Å². The maximum absolute atomic E-state index is 13.0. The van der Waals surface area contributed by atoms with Gasteiger partial charge in [0, 0.05) is 23.2 Å². The maximum atomic E-state index is 13.0. The summed E-state index contributed by atoms with van der Waals surface area (Å²) in [6.07, 6.45) is 0. The Bertz CT molecular complexity index is 1170. The summed E-state index contributed by atoms with van der Waals surface area (Å²) in [6.45, 7) is 6.45. The molecule has 0 saturated carbocycles. The first-order valence-electron chi connectivity index (χ1n) is 9.58. The average Bonchev–Trinajstić information content (AvgIpc) is 3.07. The summed E-state index contributed by atoms with van der Waals surface area (Å²) < 4.78 is 33.6. The Morgan fingerprint density at radius 1 is 1.13 bits per heavy atom. The zero-order valence-electron chi connectivity index (χ0n) is 16.9. The van der Waals surface area contributed by atoms with Crippen molar-refractivity contribution < 1.29 is 17.9 Å². The Balaban J connectivity index is 2.00. The molecule has 1 aromatic heterocycles. The molecule has 0 fully saturated rings. The normalized spacial score (nSPS) is 11.8. The van der Waals surface area contributed by atoms with Gasteiger partial charge in [-0.15, -0.1) is 11.3 Å². The van der Waals surface area contributed by atoms with Gasteiger partial charge in [-0.05, 0) is 31.2 Å². The van der Waals surface area contributed by atoms with Gasteiger partial charge in [-0.2, -0.15) is 4.31 Å². The average molecular weight is 467 g/mol. The number of anilines is 1. The highest BCUT2D eigenvalue weighted by Crippen LogP contribution is 2.36. The van der Waals surface area contributed by atoms with Crippen LogP contribution < -0.4 is 10.1 Å². The lowest BCUT2D eigenvalue weighted by Crippen LogP contribution is -2.30. The number of nitrogens with one attached hydrogen (secondary N) is 1. The first-order valence-corrected chi connectivity index (χ1v) is 12.2. The van der Waals surface area contributed by atoms with Crippen LogP contribution >= 0.6 is 22.9 Å². The molecule has 6 nitrogen and oxygen atoms in total. The van der Waals surface area contributed by atoms with Crippen LogP contribution in [0.15, 0.2) is 47.4 Å². The van der Waals surface area contributed by atoms with Gasteiger partial charge >= 0.3 is 0 Å². The number of benzene rings is 2. The van der Waals surface area contributed by atoms with E-state index in [1.165, 1.54) is 27.8 Å². The second-order valence-electron chi connectivity index (χ2n) is 6.38. The summed E-state index contributed by atoms with van der Waals surface area (Å²) in [5.74, 6) is -0.0267. The van der Waals surface area contributed by atoms with Crippen molar-refractivity contribution in [3.63, 3.8) is 0 Å². The van der Waals surface area contributed by atoms with Crippen molar-refractivity contribution >= 4 is 54.6 Å². The molecule has 3 rings (SSSR count). The SMILES string of the molecule is CCOc1ccc(S(=O)(=O)N(CC)CC)cc1NC(=O)c1sc2ccccc2c1Cl. The van der Waals surface area contributed by atoms with Crippen molar-refractivity contribution in [2.24, 2.45) is 0 Å². The van der Waals surface area contributed by atoms with Gasteiger partial charge in [0.2, 0.25) is 10.0 Å². The molecule has 2 aromatic carbocycles. The molecule has 1 heterocycles. The summed E-state index contributed by atoms with van der Waals surface area (Å²) in [5, 5.41) is 3.96. The third kappa shape index (κ3) is 4.32. The molecular formula is C21H23ClN2O4S2. The summed E-state index contributed by atoms with van der Waals surface area (Å²) >= 11 is 7.70. The van der Waals surface area contributed by atoms with E-state index in [9.17, 15) is 13.2 Å². The fourth-order valence-corrected chi connectivity index (χ4v) is 6.00. The minimum Gasteiger partial charge on any atom is -0.492 e. The van der Waals surface area contributed by atoms with Crippen LogP contribution in [0.1, 0.15) is 30.4 Å². The molecule has 30 heavy (non-hydrogen) atoms. The molecule has 1 N–H and O–H groups in total. The van der Waals surface area contributed by atoms with E-state index in [0.29, 0.717) is 35.3 Å². The lowest BCUT2D eigenvalue weighted by Gasteiger charge is -2.20. The first-order chi connectivity index (χ1) is 14.3. The summed E-state index contributed by atoms with van der Waals surface area (Å²) in [7, 11) is -3.68. The van der Waals surface area contributed by atoms with Crippen LogP contribution in [0.5, 0.6) is 5.75 Å². The number of amides is 1. The van der Waals surface area contributed by atoms with E-state index in [1.807, 2.05) is 31.2 Å². The minimum absolute atomic E-state index is 0.0902. The number of hydrogen-bond acceptors (Lipinski definition) is 5. The number of fused-ring (bicyclic) bond motifs is 1. The van der Waals surface area contributed by atoms with Gasteiger partial charge in [0.25, 0.3) is 5.91 Å². The van der Waals surface area contributed by atoms with Crippen LogP contribution in [0, 0.1) is 0 Å². The summed E-state index contributed by atoms with van der Waals surface area (Å²) in [6, 6.07) is 12.0. The van der Waals surface area contributed by atoms with Crippen molar-refractivity contribution in [3.05, 3.63) is 52.4 Å². The second-order valence-corrected chi connectivity index (χ2v) is 9.74. The van der Waals surface area contributed by atoms with E-state index < -0.39 is 15.9 Å². The van der Waals surface area contributed by atoms with Gasteiger partial charge in [0.15, 0.2) is 0 Å². The van der Waals surface area contributed by atoms with E-state index in [-0.39, 0.29) is 10.6 Å². The molecule has 160 valence electrons. The number of ether oxygens (including phenoxy) is 1. The molecule has 0 unspecified atom stereocenters. The molecular weight excluding hydrogens is 444 g/mol. The Morgan fingerprint density at radius 3 is 2.47 bits per heavy atom. The van der Waals surface area contributed by atoms with Crippen molar-refractivity contribution in [2.45, 2.75) is 25.7 Å². The topological polar surface area (TPSA) is 75.7 Å². The van der Waals surface area contributed by atoms with Gasteiger partial charge < -0.3 is 10.1 Å². The Hall–Kier alpha value is -2.13. The molecule has 0 spiro atoms. The smallest absolute Gasteiger partial charge is 0.267 e. The van der Waals surface area contributed by atoms with E-state index in [2.05, 4.69) is 5.32 Å². The van der Waals surface area contributed by atoms with E-state index in [4.69, 9.17) is 16.3 Å². The number of halogens is 1. The zero-order chi connectivity index (χ0) is 21.9. The van der Waals surface area contributed by atoms with E-state index in [1.54, 1.807) is 19.9 Å². The standard InChI is InChI=1S/C21H23ClN2O4S2/c1-4-24(5-2)30(26,27)14-11-12-17(28-6-3)16(13-14)23-21(25)20-19(22)15-9-7-8-10-18(15)29-20/h7-13H,4-6H2,1-3H3,(H,23,25). The number of carbonyl (C=O) groups excluding carboxylic acids is 1. The number of carbonyl (C=O) groups is 1. The number of thiophene rings is 1. The number of rotatable bonds is 8. The van der Waals surface area contributed by atoms with Gasteiger partial charge in [-0.1, -0.05) is 43.6 Å². The van der Waals surface area contributed by atoms with Crippen LogP contribution in [-0.4, -0.2) is 38.3 Å². The lowest BCUT2D eigenvalue weighted by molar-refractivity contribution is 0.103. The van der Waals surface area contributed by atoms with Crippen LogP contribution in [0.3, 0.4) is 0 Å².